The van der Waals surface area contributed by atoms with Gasteiger partial charge in [0.2, 0.25) is 11.8 Å². The van der Waals surface area contributed by atoms with Crippen LogP contribution in [-0.4, -0.2) is 47.8 Å². The summed E-state index contributed by atoms with van der Waals surface area (Å²) in [5.41, 5.74) is 4.09. The molecule has 2 fully saturated rings. The molecule has 3 amide bonds. The van der Waals surface area contributed by atoms with Crippen LogP contribution in [0.15, 0.2) is 48.5 Å². The van der Waals surface area contributed by atoms with Gasteiger partial charge in [-0.3, -0.25) is 19.7 Å². The van der Waals surface area contributed by atoms with Crippen molar-refractivity contribution in [2.75, 3.05) is 13.1 Å². The van der Waals surface area contributed by atoms with E-state index in [2.05, 4.69) is 52.3 Å². The zero-order chi connectivity index (χ0) is 22.1. The largest absolute Gasteiger partial charge is 0.322 e. The van der Waals surface area contributed by atoms with Gasteiger partial charge < -0.3 is 15.5 Å². The molecule has 3 aliphatic heterocycles. The number of nitrogens with one attached hydrogen (secondary N) is 3. The molecule has 3 N–H and O–H groups in total. The molecule has 3 atom stereocenters. The fourth-order valence-electron chi connectivity index (χ4n) is 5.16. The summed E-state index contributed by atoms with van der Waals surface area (Å²) in [6.45, 7) is 3.07. The predicted octanol–water partition coefficient (Wildman–Crippen LogP) is 1.68. The van der Waals surface area contributed by atoms with Gasteiger partial charge >= 0.3 is 0 Å². The van der Waals surface area contributed by atoms with Gasteiger partial charge in [0.05, 0.1) is 0 Å². The molecular formula is C25H28N4O3. The van der Waals surface area contributed by atoms with Crippen LogP contribution in [0.4, 0.5) is 0 Å². The van der Waals surface area contributed by atoms with E-state index in [1.807, 2.05) is 12.1 Å². The average Bonchev–Trinajstić information content (AvgIpc) is 3.14. The highest BCUT2D eigenvalue weighted by Gasteiger charge is 2.39. The molecule has 5 rings (SSSR count). The van der Waals surface area contributed by atoms with E-state index in [1.165, 1.54) is 5.56 Å². The Bertz CT molecular complexity index is 1040. The standard InChI is InChI=1S/C25H28N4O3/c30-23-9-8-22(24(31)28-23)29-15-18-12-16(6-7-20(18)25(29)32)13-27-21-14-26-11-10-19(21)17-4-2-1-3-5-17/h1-7,12,19,21-22,26-27H,8-11,13-15H2,(H,28,30,31)/t19-,21-,22?/m1/s1. The predicted molar refractivity (Wildman–Crippen MR) is 120 cm³/mol. The number of carbonyl (C=O) groups excluding carboxylic acids is 3. The highest BCUT2D eigenvalue weighted by atomic mass is 16.2. The maximum atomic E-state index is 12.9. The van der Waals surface area contributed by atoms with Gasteiger partial charge in [-0.2, -0.15) is 0 Å². The third kappa shape index (κ3) is 4.06. The minimum absolute atomic E-state index is 0.130. The summed E-state index contributed by atoms with van der Waals surface area (Å²) in [6, 6.07) is 16.3. The number of carbonyl (C=O) groups is 3. The molecule has 0 spiro atoms. The summed E-state index contributed by atoms with van der Waals surface area (Å²) < 4.78 is 0. The lowest BCUT2D eigenvalue weighted by molar-refractivity contribution is -0.136. The fourth-order valence-corrected chi connectivity index (χ4v) is 5.16. The van der Waals surface area contributed by atoms with Crippen molar-refractivity contribution in [2.24, 2.45) is 0 Å². The first-order chi connectivity index (χ1) is 15.6. The van der Waals surface area contributed by atoms with Crippen LogP contribution in [0.2, 0.25) is 0 Å². The number of amides is 3. The zero-order valence-electron chi connectivity index (χ0n) is 18.0. The lowest BCUT2D eigenvalue weighted by atomic mass is 9.86. The molecular weight excluding hydrogens is 404 g/mol. The molecule has 7 nitrogen and oxygen atoms in total. The second kappa shape index (κ2) is 8.84. The van der Waals surface area contributed by atoms with Crippen LogP contribution in [0.25, 0.3) is 0 Å². The average molecular weight is 433 g/mol. The Hall–Kier alpha value is -3.03. The Balaban J connectivity index is 1.26. The molecule has 0 bridgehead atoms. The highest BCUT2D eigenvalue weighted by Crippen LogP contribution is 2.29. The van der Waals surface area contributed by atoms with Crippen LogP contribution in [0.3, 0.4) is 0 Å². The molecule has 3 heterocycles. The number of hydrogen-bond donors (Lipinski definition) is 3. The monoisotopic (exact) mass is 432 g/mol. The van der Waals surface area contributed by atoms with E-state index >= 15 is 0 Å². The summed E-state index contributed by atoms with van der Waals surface area (Å²) in [4.78, 5) is 38.2. The Morgan fingerprint density at radius 3 is 2.69 bits per heavy atom. The van der Waals surface area contributed by atoms with Crippen LogP contribution in [0.5, 0.6) is 0 Å². The Morgan fingerprint density at radius 2 is 1.88 bits per heavy atom. The van der Waals surface area contributed by atoms with Crippen LogP contribution in [0, 0.1) is 0 Å². The second-order valence-electron chi connectivity index (χ2n) is 8.89. The molecule has 3 aliphatic rings. The van der Waals surface area contributed by atoms with Gasteiger partial charge in [-0.25, -0.2) is 0 Å². The molecule has 0 radical (unpaired) electrons. The summed E-state index contributed by atoms with van der Waals surface area (Å²) in [7, 11) is 0. The minimum Gasteiger partial charge on any atom is -0.322 e. The van der Waals surface area contributed by atoms with Crippen molar-refractivity contribution < 1.29 is 14.4 Å². The van der Waals surface area contributed by atoms with Crippen molar-refractivity contribution in [2.45, 2.75) is 50.4 Å². The third-order valence-corrected chi connectivity index (χ3v) is 6.87. The van der Waals surface area contributed by atoms with E-state index in [4.69, 9.17) is 0 Å². The van der Waals surface area contributed by atoms with Crippen molar-refractivity contribution in [1.82, 2.24) is 20.9 Å². The third-order valence-electron chi connectivity index (χ3n) is 6.87. The fraction of sp³-hybridized carbons (Fsp3) is 0.400. The molecule has 0 aromatic heterocycles. The SMILES string of the molecule is O=C1CCC(N2Cc3cc(CN[C@@H]4CNCC[C@@H]4c4ccccc4)ccc3C2=O)C(=O)N1. The normalized spacial score (nSPS) is 25.6. The number of fused-ring (bicyclic) bond motifs is 1. The number of piperidine rings is 2. The molecule has 1 unspecified atom stereocenters. The number of benzene rings is 2. The van der Waals surface area contributed by atoms with Crippen molar-refractivity contribution in [3.8, 4) is 0 Å². The topological polar surface area (TPSA) is 90.5 Å². The zero-order valence-corrected chi connectivity index (χ0v) is 18.0. The molecule has 0 aliphatic carbocycles. The Labute approximate surface area is 187 Å². The van der Waals surface area contributed by atoms with E-state index in [0.29, 0.717) is 30.5 Å². The van der Waals surface area contributed by atoms with Gasteiger partial charge in [0.1, 0.15) is 6.04 Å². The summed E-state index contributed by atoms with van der Waals surface area (Å²) in [6.07, 6.45) is 1.75. The Kier molecular flexibility index (Phi) is 5.76. The van der Waals surface area contributed by atoms with Crippen molar-refractivity contribution in [1.29, 1.82) is 0 Å². The van der Waals surface area contributed by atoms with Crippen LogP contribution >= 0.6 is 0 Å². The first-order valence-electron chi connectivity index (χ1n) is 11.4. The molecule has 32 heavy (non-hydrogen) atoms. The first-order valence-corrected chi connectivity index (χ1v) is 11.4. The summed E-state index contributed by atoms with van der Waals surface area (Å²) in [5, 5.41) is 9.56. The van der Waals surface area contributed by atoms with Gasteiger partial charge in [-0.05, 0) is 42.1 Å². The van der Waals surface area contributed by atoms with Gasteiger partial charge in [0.15, 0.2) is 0 Å². The number of hydrogen-bond acceptors (Lipinski definition) is 5. The smallest absolute Gasteiger partial charge is 0.255 e. The molecule has 2 saturated heterocycles. The van der Waals surface area contributed by atoms with Crippen LogP contribution in [-0.2, 0) is 22.7 Å². The number of nitrogens with zero attached hydrogens (tertiary/aromatic N) is 1. The molecule has 0 saturated carbocycles. The van der Waals surface area contributed by atoms with Crippen LogP contribution < -0.4 is 16.0 Å². The first kappa shape index (κ1) is 20.8. The van der Waals surface area contributed by atoms with E-state index in [9.17, 15) is 14.4 Å². The lowest BCUT2D eigenvalue weighted by Crippen LogP contribution is -2.52. The number of imide groups is 1. The van der Waals surface area contributed by atoms with E-state index in [1.54, 1.807) is 4.90 Å². The van der Waals surface area contributed by atoms with E-state index in [-0.39, 0.29) is 24.1 Å². The minimum atomic E-state index is -0.575. The van der Waals surface area contributed by atoms with E-state index in [0.717, 1.165) is 37.2 Å². The lowest BCUT2D eigenvalue weighted by Gasteiger charge is -2.33. The van der Waals surface area contributed by atoms with E-state index < -0.39 is 6.04 Å². The number of rotatable bonds is 5. The van der Waals surface area contributed by atoms with Crippen molar-refractivity contribution in [3.63, 3.8) is 0 Å². The Morgan fingerprint density at radius 1 is 1.03 bits per heavy atom. The maximum absolute atomic E-state index is 12.9. The molecule has 2 aromatic rings. The quantitative estimate of drug-likeness (QED) is 0.626. The summed E-state index contributed by atoms with van der Waals surface area (Å²) >= 11 is 0. The van der Waals surface area contributed by atoms with Gasteiger partial charge in [0.25, 0.3) is 5.91 Å². The van der Waals surface area contributed by atoms with Crippen molar-refractivity contribution >= 4 is 17.7 Å². The molecule has 2 aromatic carbocycles. The van der Waals surface area contributed by atoms with Gasteiger partial charge in [-0.1, -0.05) is 42.5 Å². The second-order valence-corrected chi connectivity index (χ2v) is 8.89. The van der Waals surface area contributed by atoms with Crippen LogP contribution in [0.1, 0.15) is 52.2 Å². The van der Waals surface area contributed by atoms with Gasteiger partial charge in [-0.15, -0.1) is 0 Å². The molecule has 7 heteroatoms. The summed E-state index contributed by atoms with van der Waals surface area (Å²) in [5.74, 6) is -0.304. The van der Waals surface area contributed by atoms with Crippen molar-refractivity contribution in [3.05, 3.63) is 70.8 Å². The maximum Gasteiger partial charge on any atom is 0.255 e. The highest BCUT2D eigenvalue weighted by molar-refractivity contribution is 6.05. The van der Waals surface area contributed by atoms with Gasteiger partial charge in [0, 0.05) is 43.6 Å². The molecule has 166 valence electrons.